The number of amides is 1. The summed E-state index contributed by atoms with van der Waals surface area (Å²) < 4.78 is 5.20. The summed E-state index contributed by atoms with van der Waals surface area (Å²) >= 11 is 0. The van der Waals surface area contributed by atoms with Gasteiger partial charge < -0.3 is 15.2 Å². The van der Waals surface area contributed by atoms with E-state index in [9.17, 15) is 14.7 Å². The number of hydrogen-bond donors (Lipinski definition) is 2. The maximum absolute atomic E-state index is 11.9. The number of nitrogens with one attached hydrogen (secondary N) is 1. The third-order valence-corrected chi connectivity index (χ3v) is 2.80. The molecule has 0 aliphatic carbocycles. The van der Waals surface area contributed by atoms with Crippen molar-refractivity contribution in [3.05, 3.63) is 0 Å². The van der Waals surface area contributed by atoms with Crippen LogP contribution in [0.5, 0.6) is 0 Å². The maximum Gasteiger partial charge on any atom is 0.407 e. The van der Waals surface area contributed by atoms with Crippen molar-refractivity contribution < 1.29 is 19.4 Å². The van der Waals surface area contributed by atoms with E-state index in [1.807, 2.05) is 20.8 Å². The number of hydrogen-bond acceptors (Lipinski definition) is 3. The topological polar surface area (TPSA) is 75.6 Å². The average molecular weight is 273 g/mol. The van der Waals surface area contributed by atoms with E-state index in [4.69, 9.17) is 4.74 Å². The van der Waals surface area contributed by atoms with Gasteiger partial charge in [0.1, 0.15) is 5.60 Å². The number of carboxylic acids is 1. The molecule has 2 N–H and O–H groups in total. The highest BCUT2D eigenvalue weighted by Gasteiger charge is 2.44. The van der Waals surface area contributed by atoms with E-state index in [1.165, 1.54) is 0 Å². The molecule has 1 atom stereocenters. The Bertz CT molecular complexity index is 347. The first-order chi connectivity index (χ1) is 8.18. The van der Waals surface area contributed by atoms with E-state index < -0.39 is 34.5 Å². The minimum Gasteiger partial charge on any atom is -0.481 e. The molecule has 0 spiro atoms. The van der Waals surface area contributed by atoms with Crippen LogP contribution in [0.2, 0.25) is 0 Å². The Morgan fingerprint density at radius 3 is 1.68 bits per heavy atom. The number of carboxylic acid groups (broad SMARTS) is 1. The zero-order valence-corrected chi connectivity index (χ0v) is 13.2. The van der Waals surface area contributed by atoms with Crippen LogP contribution < -0.4 is 5.32 Å². The van der Waals surface area contributed by atoms with Crippen molar-refractivity contribution in [2.24, 2.45) is 10.8 Å². The fourth-order valence-corrected chi connectivity index (χ4v) is 2.03. The first-order valence-corrected chi connectivity index (χ1v) is 6.41. The third kappa shape index (κ3) is 5.49. The third-order valence-electron chi connectivity index (χ3n) is 2.80. The minimum absolute atomic E-state index is 0.404. The van der Waals surface area contributed by atoms with E-state index in [0.29, 0.717) is 0 Å². The maximum atomic E-state index is 11.9. The van der Waals surface area contributed by atoms with Crippen molar-refractivity contribution in [3.8, 4) is 0 Å². The molecule has 19 heavy (non-hydrogen) atoms. The number of ether oxygens (including phenoxy) is 1. The van der Waals surface area contributed by atoms with Crippen molar-refractivity contribution in [2.75, 3.05) is 0 Å². The second-order valence-electron chi connectivity index (χ2n) is 7.47. The summed E-state index contributed by atoms with van der Waals surface area (Å²) in [4.78, 5) is 23.2. The fourth-order valence-electron chi connectivity index (χ4n) is 2.03. The van der Waals surface area contributed by atoms with E-state index in [-0.39, 0.29) is 0 Å². The molecule has 0 aliphatic rings. The van der Waals surface area contributed by atoms with Crippen LogP contribution in [0.4, 0.5) is 4.79 Å². The molecular formula is C14H27NO4. The second-order valence-corrected chi connectivity index (χ2v) is 7.47. The van der Waals surface area contributed by atoms with Crippen LogP contribution in [0.3, 0.4) is 0 Å². The number of rotatable bonds is 3. The van der Waals surface area contributed by atoms with Crippen LogP contribution in [-0.4, -0.2) is 28.8 Å². The summed E-state index contributed by atoms with van der Waals surface area (Å²) in [6.45, 7) is 14.2. The molecule has 0 heterocycles. The molecule has 0 bridgehead atoms. The van der Waals surface area contributed by atoms with Gasteiger partial charge in [0.2, 0.25) is 0 Å². The molecule has 0 saturated carbocycles. The minimum atomic E-state index is -1.09. The van der Waals surface area contributed by atoms with Crippen molar-refractivity contribution in [1.29, 1.82) is 0 Å². The number of carbonyl (C=O) groups is 2. The lowest BCUT2D eigenvalue weighted by atomic mass is 9.71. The first kappa shape index (κ1) is 17.7. The molecule has 0 aliphatic heterocycles. The summed E-state index contributed by atoms with van der Waals surface area (Å²) in [6.07, 6.45) is -0.596. The molecule has 0 aromatic heterocycles. The van der Waals surface area contributed by atoms with Gasteiger partial charge in [-0.15, -0.1) is 0 Å². The van der Waals surface area contributed by atoms with Gasteiger partial charge in [0.15, 0.2) is 0 Å². The lowest BCUT2D eigenvalue weighted by molar-refractivity contribution is -0.150. The molecule has 0 saturated heterocycles. The zero-order chi connectivity index (χ0) is 15.6. The summed E-state index contributed by atoms with van der Waals surface area (Å²) in [5, 5.41) is 12.0. The Hall–Kier alpha value is -1.26. The molecule has 5 heteroatoms. The first-order valence-electron chi connectivity index (χ1n) is 6.41. The lowest BCUT2D eigenvalue weighted by Crippen LogP contribution is -2.56. The van der Waals surface area contributed by atoms with E-state index >= 15 is 0 Å². The summed E-state index contributed by atoms with van der Waals surface area (Å²) in [7, 11) is 0. The van der Waals surface area contributed by atoms with Gasteiger partial charge in [-0.1, -0.05) is 20.8 Å². The predicted octanol–water partition coefficient (Wildman–Crippen LogP) is 3.04. The van der Waals surface area contributed by atoms with Gasteiger partial charge in [-0.3, -0.25) is 4.79 Å². The Morgan fingerprint density at radius 2 is 1.42 bits per heavy atom. The normalized spacial score (nSPS) is 14.7. The smallest absolute Gasteiger partial charge is 0.407 e. The van der Waals surface area contributed by atoms with E-state index in [2.05, 4.69) is 5.32 Å². The number of alkyl carbamates (subject to hydrolysis) is 1. The molecule has 0 aromatic rings. The monoisotopic (exact) mass is 273 g/mol. The van der Waals surface area contributed by atoms with Crippen LogP contribution in [0, 0.1) is 10.8 Å². The molecule has 0 fully saturated rings. The van der Waals surface area contributed by atoms with Crippen LogP contribution in [-0.2, 0) is 9.53 Å². The zero-order valence-electron chi connectivity index (χ0n) is 13.2. The Balaban J connectivity index is 5.13. The van der Waals surface area contributed by atoms with Crippen molar-refractivity contribution in [2.45, 2.75) is 67.0 Å². The highest BCUT2D eigenvalue weighted by atomic mass is 16.6. The lowest BCUT2D eigenvalue weighted by Gasteiger charge is -2.40. The highest BCUT2D eigenvalue weighted by molar-refractivity contribution is 5.77. The van der Waals surface area contributed by atoms with Crippen LogP contribution in [0.1, 0.15) is 55.4 Å². The highest BCUT2D eigenvalue weighted by Crippen LogP contribution is 2.34. The SMILES string of the molecule is CC(C)(C)OC(=O)NC(C(C)(C)C)C(C)(C)C(=O)O. The Morgan fingerprint density at radius 1 is 1.00 bits per heavy atom. The van der Waals surface area contributed by atoms with Crippen LogP contribution >= 0.6 is 0 Å². The van der Waals surface area contributed by atoms with Crippen molar-refractivity contribution in [3.63, 3.8) is 0 Å². The second kappa shape index (κ2) is 5.39. The van der Waals surface area contributed by atoms with Gasteiger partial charge in [0.05, 0.1) is 11.5 Å². The van der Waals surface area contributed by atoms with E-state index in [0.717, 1.165) is 0 Å². The fraction of sp³-hybridized carbons (Fsp3) is 0.857. The van der Waals surface area contributed by atoms with Crippen LogP contribution in [0.25, 0.3) is 0 Å². The molecule has 0 aromatic carbocycles. The largest absolute Gasteiger partial charge is 0.481 e. The molecule has 1 unspecified atom stereocenters. The molecular weight excluding hydrogens is 246 g/mol. The van der Waals surface area contributed by atoms with Gasteiger partial charge in [0.25, 0.3) is 0 Å². The predicted molar refractivity (Wildman–Crippen MR) is 74.0 cm³/mol. The summed E-state index contributed by atoms with van der Waals surface area (Å²) in [6, 6.07) is -0.549. The van der Waals surface area contributed by atoms with E-state index in [1.54, 1.807) is 34.6 Å². The van der Waals surface area contributed by atoms with Gasteiger partial charge in [-0.05, 0) is 40.0 Å². The van der Waals surface area contributed by atoms with Gasteiger partial charge in [-0.25, -0.2) is 4.79 Å². The van der Waals surface area contributed by atoms with Crippen molar-refractivity contribution >= 4 is 12.1 Å². The standard InChI is InChI=1S/C14H27NO4/c1-12(2,3)9(14(7,8)10(16)17)15-11(18)19-13(4,5)6/h9H,1-8H3,(H,15,18)(H,16,17). The van der Waals surface area contributed by atoms with Gasteiger partial charge in [-0.2, -0.15) is 0 Å². The number of carbonyl (C=O) groups excluding carboxylic acids is 1. The Kier molecular flexibility index (Phi) is 5.03. The quantitative estimate of drug-likeness (QED) is 0.828. The van der Waals surface area contributed by atoms with Crippen LogP contribution in [0.15, 0.2) is 0 Å². The Labute approximate surface area is 115 Å². The summed E-state index contributed by atoms with van der Waals surface area (Å²) in [5.41, 5.74) is -2.10. The van der Waals surface area contributed by atoms with Gasteiger partial charge >= 0.3 is 12.1 Å². The molecule has 1 amide bonds. The van der Waals surface area contributed by atoms with Gasteiger partial charge in [0, 0.05) is 0 Å². The molecule has 0 rings (SSSR count). The molecule has 112 valence electrons. The molecule has 0 radical (unpaired) electrons. The average Bonchev–Trinajstić information content (AvgIpc) is 2.08. The molecule has 5 nitrogen and oxygen atoms in total. The summed E-state index contributed by atoms with van der Waals surface area (Å²) in [5.74, 6) is -0.955. The van der Waals surface area contributed by atoms with Crippen molar-refractivity contribution in [1.82, 2.24) is 5.32 Å². The number of aliphatic carboxylic acids is 1.